The van der Waals surface area contributed by atoms with Gasteiger partial charge in [0.2, 0.25) is 0 Å². The Labute approximate surface area is 80.0 Å². The lowest BCUT2D eigenvalue weighted by Crippen LogP contribution is -1.93. The number of carboxylic acid groups (broad SMARTS) is 1. The van der Waals surface area contributed by atoms with E-state index in [0.29, 0.717) is 11.0 Å². The molecule has 4 nitrogen and oxygen atoms in total. The van der Waals surface area contributed by atoms with Crippen LogP contribution in [0, 0.1) is 0 Å². The van der Waals surface area contributed by atoms with Gasteiger partial charge in [-0.1, -0.05) is 0 Å². The van der Waals surface area contributed by atoms with Crippen molar-refractivity contribution in [2.24, 2.45) is 0 Å². The number of fused-ring (bicyclic) bond motifs is 1. The van der Waals surface area contributed by atoms with Gasteiger partial charge in [-0.05, 0) is 12.1 Å². The molecule has 0 atom stereocenters. The molecule has 2 N–H and O–H groups in total. The van der Waals surface area contributed by atoms with Gasteiger partial charge >= 0.3 is 5.97 Å². The van der Waals surface area contributed by atoms with Crippen molar-refractivity contribution in [1.82, 2.24) is 9.97 Å². The van der Waals surface area contributed by atoms with E-state index in [4.69, 9.17) is 5.11 Å². The number of aromatic nitrogens is 2. The van der Waals surface area contributed by atoms with Crippen LogP contribution in [0.2, 0.25) is 0 Å². The Kier molecular flexibility index (Phi) is 2.53. The molecule has 5 heteroatoms. The second kappa shape index (κ2) is 3.45. The molecule has 0 spiro atoms. The summed E-state index contributed by atoms with van der Waals surface area (Å²) >= 11 is 0. The summed E-state index contributed by atoms with van der Waals surface area (Å²) in [6.07, 6.45) is 3.06. The number of carboxylic acids is 1. The zero-order valence-electron chi connectivity index (χ0n) is 6.52. The van der Waals surface area contributed by atoms with Gasteiger partial charge in [-0.25, -0.2) is 9.78 Å². The maximum absolute atomic E-state index is 10.6. The Morgan fingerprint density at radius 2 is 2.31 bits per heavy atom. The van der Waals surface area contributed by atoms with Crippen molar-refractivity contribution < 1.29 is 9.90 Å². The van der Waals surface area contributed by atoms with Crippen LogP contribution in [-0.4, -0.2) is 21.0 Å². The topological polar surface area (TPSA) is 66.0 Å². The van der Waals surface area contributed by atoms with Crippen LogP contribution in [0.4, 0.5) is 0 Å². The van der Waals surface area contributed by atoms with Gasteiger partial charge in [0.1, 0.15) is 5.65 Å². The second-order valence-electron chi connectivity index (χ2n) is 2.41. The number of nitrogens with zero attached hydrogens (tertiary/aromatic N) is 1. The minimum atomic E-state index is -0.936. The molecule has 0 radical (unpaired) electrons. The number of pyridine rings is 1. The largest absolute Gasteiger partial charge is 0.478 e. The first-order chi connectivity index (χ1) is 5.79. The molecule has 0 aliphatic heterocycles. The number of carbonyl (C=O) groups is 1. The summed E-state index contributed by atoms with van der Waals surface area (Å²) in [7, 11) is 0. The number of aromatic carboxylic acids is 1. The highest BCUT2D eigenvalue weighted by Crippen LogP contribution is 2.14. The Balaban J connectivity index is 0.000000845. The summed E-state index contributed by atoms with van der Waals surface area (Å²) in [5.74, 6) is -0.936. The standard InChI is InChI=1S/C8H6N2O2.ClH/c11-8(12)6-4-10-7-5(6)2-1-3-9-7;/h1-4H,(H,9,10)(H,11,12);1H. The predicted molar refractivity (Wildman–Crippen MR) is 50.3 cm³/mol. The first-order valence-corrected chi connectivity index (χ1v) is 3.44. The molecule has 2 heterocycles. The first kappa shape index (κ1) is 9.54. The number of hydrogen-bond acceptors (Lipinski definition) is 2. The van der Waals surface area contributed by atoms with E-state index in [1.807, 2.05) is 0 Å². The summed E-state index contributed by atoms with van der Waals surface area (Å²) in [6.45, 7) is 0. The van der Waals surface area contributed by atoms with E-state index in [-0.39, 0.29) is 18.0 Å². The lowest BCUT2D eigenvalue weighted by Gasteiger charge is -1.88. The van der Waals surface area contributed by atoms with Crippen molar-refractivity contribution >= 4 is 29.4 Å². The molecule has 2 rings (SSSR count). The van der Waals surface area contributed by atoms with Crippen LogP contribution in [0.25, 0.3) is 11.0 Å². The SMILES string of the molecule is Cl.O=C(O)c1c[nH]c2ncccc12. The number of halogens is 1. The summed E-state index contributed by atoms with van der Waals surface area (Å²) < 4.78 is 0. The third-order valence-corrected chi connectivity index (χ3v) is 1.68. The molecule has 0 fully saturated rings. The summed E-state index contributed by atoms with van der Waals surface area (Å²) in [4.78, 5) is 17.4. The molecular formula is C8H7ClN2O2. The number of hydrogen-bond donors (Lipinski definition) is 2. The molecule has 2 aromatic rings. The van der Waals surface area contributed by atoms with E-state index in [2.05, 4.69) is 9.97 Å². The van der Waals surface area contributed by atoms with E-state index >= 15 is 0 Å². The van der Waals surface area contributed by atoms with Gasteiger partial charge < -0.3 is 10.1 Å². The van der Waals surface area contributed by atoms with Gasteiger partial charge in [-0.2, -0.15) is 0 Å². The van der Waals surface area contributed by atoms with Crippen molar-refractivity contribution in [3.8, 4) is 0 Å². The highest BCUT2D eigenvalue weighted by atomic mass is 35.5. The molecule has 13 heavy (non-hydrogen) atoms. The predicted octanol–water partition coefficient (Wildman–Crippen LogP) is 1.68. The Bertz CT molecular complexity index is 438. The first-order valence-electron chi connectivity index (χ1n) is 3.44. The number of nitrogens with one attached hydrogen (secondary N) is 1. The zero-order chi connectivity index (χ0) is 8.55. The van der Waals surface area contributed by atoms with Crippen molar-refractivity contribution in [3.63, 3.8) is 0 Å². The molecule has 0 amide bonds. The molecule has 0 saturated carbocycles. The monoisotopic (exact) mass is 198 g/mol. The average molecular weight is 199 g/mol. The van der Waals surface area contributed by atoms with Crippen LogP contribution in [0.3, 0.4) is 0 Å². The normalized spacial score (nSPS) is 9.54. The lowest BCUT2D eigenvalue weighted by atomic mass is 10.2. The zero-order valence-corrected chi connectivity index (χ0v) is 7.34. The molecule has 0 bridgehead atoms. The van der Waals surface area contributed by atoms with Crippen LogP contribution in [0.1, 0.15) is 10.4 Å². The van der Waals surface area contributed by atoms with E-state index in [1.54, 1.807) is 18.3 Å². The lowest BCUT2D eigenvalue weighted by molar-refractivity contribution is 0.0699. The third kappa shape index (κ3) is 1.48. The third-order valence-electron chi connectivity index (χ3n) is 1.68. The number of rotatable bonds is 1. The van der Waals surface area contributed by atoms with Crippen molar-refractivity contribution in [1.29, 1.82) is 0 Å². The minimum Gasteiger partial charge on any atom is -0.478 e. The molecule has 0 aliphatic carbocycles. The Morgan fingerprint density at radius 1 is 1.54 bits per heavy atom. The molecule has 0 aromatic carbocycles. The molecule has 0 unspecified atom stereocenters. The van der Waals surface area contributed by atoms with Crippen molar-refractivity contribution in [3.05, 3.63) is 30.1 Å². The van der Waals surface area contributed by atoms with E-state index < -0.39 is 5.97 Å². The highest BCUT2D eigenvalue weighted by Gasteiger charge is 2.09. The smallest absolute Gasteiger partial charge is 0.337 e. The summed E-state index contributed by atoms with van der Waals surface area (Å²) in [6, 6.07) is 3.44. The van der Waals surface area contributed by atoms with Crippen LogP contribution in [-0.2, 0) is 0 Å². The molecular weight excluding hydrogens is 192 g/mol. The van der Waals surface area contributed by atoms with Crippen LogP contribution in [0.15, 0.2) is 24.5 Å². The fourth-order valence-electron chi connectivity index (χ4n) is 1.13. The summed E-state index contributed by atoms with van der Waals surface area (Å²) in [5.41, 5.74) is 0.869. The van der Waals surface area contributed by atoms with Crippen molar-refractivity contribution in [2.45, 2.75) is 0 Å². The molecule has 0 saturated heterocycles. The molecule has 68 valence electrons. The number of H-pyrrole nitrogens is 1. The fraction of sp³-hybridized carbons (Fsp3) is 0. The number of aromatic amines is 1. The van der Waals surface area contributed by atoms with E-state index in [0.717, 1.165) is 0 Å². The quantitative estimate of drug-likeness (QED) is 0.733. The van der Waals surface area contributed by atoms with Crippen LogP contribution in [0.5, 0.6) is 0 Å². The molecule has 2 aromatic heterocycles. The molecule has 0 aliphatic rings. The van der Waals surface area contributed by atoms with Gasteiger partial charge in [0.15, 0.2) is 0 Å². The maximum Gasteiger partial charge on any atom is 0.337 e. The maximum atomic E-state index is 10.6. The van der Waals surface area contributed by atoms with Gasteiger partial charge in [0, 0.05) is 17.8 Å². The Hall–Kier alpha value is -1.55. The Morgan fingerprint density at radius 3 is 3.00 bits per heavy atom. The van der Waals surface area contributed by atoms with Gasteiger partial charge in [0.25, 0.3) is 0 Å². The summed E-state index contributed by atoms with van der Waals surface area (Å²) in [5, 5.41) is 9.37. The highest BCUT2D eigenvalue weighted by molar-refractivity contribution is 6.01. The van der Waals surface area contributed by atoms with E-state index in [1.165, 1.54) is 6.20 Å². The van der Waals surface area contributed by atoms with Gasteiger partial charge in [-0.15, -0.1) is 12.4 Å². The van der Waals surface area contributed by atoms with Crippen LogP contribution < -0.4 is 0 Å². The van der Waals surface area contributed by atoms with Crippen LogP contribution >= 0.6 is 12.4 Å². The minimum absolute atomic E-state index is 0. The fourth-order valence-corrected chi connectivity index (χ4v) is 1.13. The van der Waals surface area contributed by atoms with Crippen molar-refractivity contribution in [2.75, 3.05) is 0 Å². The van der Waals surface area contributed by atoms with Gasteiger partial charge in [-0.3, -0.25) is 0 Å². The van der Waals surface area contributed by atoms with Gasteiger partial charge in [0.05, 0.1) is 5.56 Å². The second-order valence-corrected chi connectivity index (χ2v) is 2.41. The van der Waals surface area contributed by atoms with E-state index in [9.17, 15) is 4.79 Å². The average Bonchev–Trinajstić information content (AvgIpc) is 2.47.